The molecule has 0 aliphatic carbocycles. The summed E-state index contributed by atoms with van der Waals surface area (Å²) >= 11 is 1.85. The minimum absolute atomic E-state index is 0.0999. The molecule has 6 heteroatoms. The van der Waals surface area contributed by atoms with Crippen LogP contribution in [0.4, 0.5) is 0 Å². The Morgan fingerprint density at radius 3 is 2.67 bits per heavy atom. The van der Waals surface area contributed by atoms with Crippen molar-refractivity contribution in [3.63, 3.8) is 0 Å². The van der Waals surface area contributed by atoms with Gasteiger partial charge in [-0.25, -0.2) is 0 Å². The lowest BCUT2D eigenvalue weighted by Crippen LogP contribution is -2.39. The van der Waals surface area contributed by atoms with E-state index >= 15 is 0 Å². The first-order valence-electron chi connectivity index (χ1n) is 11.8. The number of hydrogen-bond donors (Lipinski definition) is 0. The Balaban J connectivity index is 1.19. The number of ether oxygens (including phenoxy) is 2. The predicted octanol–water partition coefficient (Wildman–Crippen LogP) is 5.26. The van der Waals surface area contributed by atoms with Crippen LogP contribution in [0.3, 0.4) is 0 Å². The number of rotatable bonds is 11. The first-order chi connectivity index (χ1) is 16.1. The molecule has 0 saturated carbocycles. The van der Waals surface area contributed by atoms with Gasteiger partial charge >= 0.3 is 0 Å². The molecule has 0 N–H and O–H groups in total. The van der Waals surface area contributed by atoms with Gasteiger partial charge in [-0.2, -0.15) is 0 Å². The summed E-state index contributed by atoms with van der Waals surface area (Å²) in [5.74, 6) is 1.48. The Bertz CT molecular complexity index is 1090. The van der Waals surface area contributed by atoms with Crippen LogP contribution in [0.1, 0.15) is 40.7 Å². The van der Waals surface area contributed by atoms with Crippen molar-refractivity contribution in [2.24, 2.45) is 0 Å². The third-order valence-electron chi connectivity index (χ3n) is 6.56. The molecule has 2 heterocycles. The van der Waals surface area contributed by atoms with E-state index in [4.69, 9.17) is 9.47 Å². The molecule has 1 amide bonds. The first kappa shape index (κ1) is 23.6. The van der Waals surface area contributed by atoms with Gasteiger partial charge < -0.3 is 19.3 Å². The second-order valence-electron chi connectivity index (χ2n) is 8.74. The van der Waals surface area contributed by atoms with E-state index in [1.54, 1.807) is 14.2 Å². The fourth-order valence-corrected chi connectivity index (χ4v) is 5.74. The molecule has 1 aliphatic heterocycles. The van der Waals surface area contributed by atoms with E-state index in [1.807, 2.05) is 28.4 Å². The Morgan fingerprint density at radius 2 is 1.85 bits per heavy atom. The summed E-state index contributed by atoms with van der Waals surface area (Å²) in [6, 6.07) is 12.4. The zero-order valence-electron chi connectivity index (χ0n) is 19.9. The molecule has 0 spiro atoms. The average molecular weight is 467 g/mol. The van der Waals surface area contributed by atoms with Gasteiger partial charge in [0.05, 0.1) is 14.2 Å². The highest BCUT2D eigenvalue weighted by atomic mass is 32.1. The maximum absolute atomic E-state index is 13.0. The summed E-state index contributed by atoms with van der Waals surface area (Å²) in [6.07, 6.45) is 5.33. The molecule has 0 fully saturated rings. The molecule has 0 atom stereocenters. The van der Waals surface area contributed by atoms with Gasteiger partial charge in [0.15, 0.2) is 11.5 Å². The molecule has 176 valence electrons. The molecule has 0 bridgehead atoms. The highest BCUT2D eigenvalue weighted by Crippen LogP contribution is 2.36. The van der Waals surface area contributed by atoms with Crippen molar-refractivity contribution in [1.29, 1.82) is 0 Å². The zero-order valence-corrected chi connectivity index (χ0v) is 20.7. The topological polar surface area (TPSA) is 42.0 Å². The quantitative estimate of drug-likeness (QED) is 0.362. The number of thiophene rings is 1. The number of fused-ring (bicyclic) bond motifs is 2. The van der Waals surface area contributed by atoms with Crippen molar-refractivity contribution in [1.82, 2.24) is 9.80 Å². The monoisotopic (exact) mass is 466 g/mol. The predicted molar refractivity (Wildman–Crippen MR) is 136 cm³/mol. The smallest absolute Gasteiger partial charge is 0.254 e. The third kappa shape index (κ3) is 5.33. The Kier molecular flexibility index (Phi) is 7.89. The van der Waals surface area contributed by atoms with E-state index in [0.29, 0.717) is 11.5 Å². The molecule has 0 saturated heterocycles. The molecular formula is C27H34N2O3S. The number of aryl methyl sites for hydroxylation is 1. The van der Waals surface area contributed by atoms with Crippen LogP contribution in [0.15, 0.2) is 41.8 Å². The highest BCUT2D eigenvalue weighted by molar-refractivity contribution is 7.17. The second-order valence-corrected chi connectivity index (χ2v) is 9.65. The summed E-state index contributed by atoms with van der Waals surface area (Å²) in [7, 11) is 5.44. The van der Waals surface area contributed by atoms with Crippen molar-refractivity contribution in [2.45, 2.75) is 32.1 Å². The van der Waals surface area contributed by atoms with Crippen LogP contribution < -0.4 is 9.47 Å². The molecule has 4 rings (SSSR count). The average Bonchev–Trinajstić information content (AvgIpc) is 3.25. The molecule has 1 aliphatic rings. The van der Waals surface area contributed by atoms with Crippen LogP contribution in [-0.2, 0) is 12.8 Å². The van der Waals surface area contributed by atoms with Crippen LogP contribution in [0.5, 0.6) is 11.5 Å². The van der Waals surface area contributed by atoms with Crippen molar-refractivity contribution in [2.75, 3.05) is 47.4 Å². The van der Waals surface area contributed by atoms with Gasteiger partial charge in [-0.15, -0.1) is 11.3 Å². The van der Waals surface area contributed by atoms with Crippen molar-refractivity contribution in [3.8, 4) is 11.5 Å². The standard InChI is InChI=1S/C27H34N2O3S/c1-28(15-7-6-9-20-19-33-25-11-5-4-10-21(20)25)16-8-17-29-18-14-22-23(27(29)30)12-13-24(31-2)26(22)32-3/h4-5,10-13,19H,6-9,14-18H2,1-3H3. The fraction of sp³-hybridized carbons (Fsp3) is 0.444. The van der Waals surface area contributed by atoms with E-state index in [0.717, 1.165) is 56.6 Å². The lowest BCUT2D eigenvalue weighted by atomic mass is 9.97. The maximum atomic E-state index is 13.0. The van der Waals surface area contributed by atoms with Gasteiger partial charge in [0.2, 0.25) is 0 Å². The molecule has 0 unspecified atom stereocenters. The van der Waals surface area contributed by atoms with E-state index < -0.39 is 0 Å². The number of nitrogens with zero attached hydrogens (tertiary/aromatic N) is 2. The highest BCUT2D eigenvalue weighted by Gasteiger charge is 2.28. The van der Waals surface area contributed by atoms with Crippen molar-refractivity contribution >= 4 is 27.3 Å². The number of amides is 1. The minimum atomic E-state index is 0.0999. The second kappa shape index (κ2) is 11.0. The molecule has 3 aromatic rings. The van der Waals surface area contributed by atoms with Gasteiger partial charge in [0.1, 0.15) is 0 Å². The van der Waals surface area contributed by atoms with E-state index in [2.05, 4.69) is 41.6 Å². The third-order valence-corrected chi connectivity index (χ3v) is 7.58. The molecule has 33 heavy (non-hydrogen) atoms. The van der Waals surface area contributed by atoms with E-state index in [-0.39, 0.29) is 5.91 Å². The lowest BCUT2D eigenvalue weighted by molar-refractivity contribution is 0.0731. The molecule has 1 aromatic heterocycles. The Labute approximate surface area is 200 Å². The fourth-order valence-electron chi connectivity index (χ4n) is 4.74. The lowest BCUT2D eigenvalue weighted by Gasteiger charge is -2.30. The van der Waals surface area contributed by atoms with E-state index in [9.17, 15) is 4.79 Å². The largest absolute Gasteiger partial charge is 0.493 e. The number of methoxy groups -OCH3 is 2. The number of carbonyl (C=O) groups excluding carboxylic acids is 1. The van der Waals surface area contributed by atoms with Crippen LogP contribution in [-0.4, -0.2) is 63.2 Å². The van der Waals surface area contributed by atoms with Crippen LogP contribution in [0, 0.1) is 0 Å². The Hall–Kier alpha value is -2.57. The van der Waals surface area contributed by atoms with Gasteiger partial charge in [-0.05, 0) is 86.8 Å². The SMILES string of the molecule is COc1ccc2c(c1OC)CCN(CCCN(C)CCCCc1csc3ccccc13)C2=O. The number of hydrogen-bond acceptors (Lipinski definition) is 5. The van der Waals surface area contributed by atoms with Crippen LogP contribution in [0.2, 0.25) is 0 Å². The zero-order chi connectivity index (χ0) is 23.2. The Morgan fingerprint density at radius 1 is 1.03 bits per heavy atom. The summed E-state index contributed by atoms with van der Waals surface area (Å²) in [5, 5.41) is 3.73. The summed E-state index contributed by atoms with van der Waals surface area (Å²) < 4.78 is 12.3. The van der Waals surface area contributed by atoms with Crippen molar-refractivity contribution in [3.05, 3.63) is 58.5 Å². The minimum Gasteiger partial charge on any atom is -0.493 e. The summed E-state index contributed by atoms with van der Waals surface area (Å²) in [4.78, 5) is 17.4. The summed E-state index contributed by atoms with van der Waals surface area (Å²) in [5.41, 5.74) is 3.19. The normalized spacial score (nSPS) is 13.6. The van der Waals surface area contributed by atoms with E-state index in [1.165, 1.54) is 28.5 Å². The molecule has 2 aromatic carbocycles. The molecule has 5 nitrogen and oxygen atoms in total. The van der Waals surface area contributed by atoms with Gasteiger partial charge in [0.25, 0.3) is 5.91 Å². The molecule has 0 radical (unpaired) electrons. The first-order valence-corrected chi connectivity index (χ1v) is 12.7. The number of carbonyl (C=O) groups is 1. The van der Waals surface area contributed by atoms with Crippen LogP contribution >= 0.6 is 11.3 Å². The van der Waals surface area contributed by atoms with Crippen molar-refractivity contribution < 1.29 is 14.3 Å². The van der Waals surface area contributed by atoms with Gasteiger partial charge in [0, 0.05) is 28.9 Å². The number of unbranched alkanes of at least 4 members (excludes halogenated alkanes) is 1. The van der Waals surface area contributed by atoms with Gasteiger partial charge in [-0.1, -0.05) is 18.2 Å². The van der Waals surface area contributed by atoms with Gasteiger partial charge in [-0.3, -0.25) is 4.79 Å². The maximum Gasteiger partial charge on any atom is 0.254 e. The van der Waals surface area contributed by atoms with Crippen LogP contribution in [0.25, 0.3) is 10.1 Å². The number of benzene rings is 2. The summed E-state index contributed by atoms with van der Waals surface area (Å²) in [6.45, 7) is 3.62. The molecular weight excluding hydrogens is 432 g/mol.